The van der Waals surface area contributed by atoms with Crippen LogP contribution < -0.4 is 5.32 Å². The zero-order valence-corrected chi connectivity index (χ0v) is 20.9. The van der Waals surface area contributed by atoms with Crippen molar-refractivity contribution in [2.45, 2.75) is 32.6 Å². The van der Waals surface area contributed by atoms with Crippen LogP contribution in [0, 0.1) is 11.8 Å². The van der Waals surface area contributed by atoms with E-state index < -0.39 is 10.0 Å². The molecule has 3 heterocycles. The molecule has 166 valence electrons. The highest BCUT2D eigenvalue weighted by Crippen LogP contribution is 2.22. The molecule has 0 aromatic carbocycles. The summed E-state index contributed by atoms with van der Waals surface area (Å²) in [6.07, 6.45) is 9.37. The molecule has 29 heavy (non-hydrogen) atoms. The quantitative estimate of drug-likeness (QED) is 0.338. The summed E-state index contributed by atoms with van der Waals surface area (Å²) in [4.78, 5) is 7.27. The van der Waals surface area contributed by atoms with Crippen molar-refractivity contribution in [3.8, 4) is 0 Å². The van der Waals surface area contributed by atoms with Gasteiger partial charge in [0.2, 0.25) is 10.0 Å². The number of aliphatic imine (C=N–C) groups is 1. The van der Waals surface area contributed by atoms with Crippen LogP contribution in [0.1, 0.15) is 31.7 Å². The van der Waals surface area contributed by atoms with Crippen LogP contribution in [0.2, 0.25) is 0 Å². The SMILES string of the molecule is CCNC(=NCC1CCN(S(C)(=O)=O)CC1)N1CCC(Cc2cnn(C)c2)C1.I. The molecule has 1 unspecified atom stereocenters. The fourth-order valence-corrected chi connectivity index (χ4v) is 5.04. The highest BCUT2D eigenvalue weighted by atomic mass is 127. The van der Waals surface area contributed by atoms with Gasteiger partial charge in [0.15, 0.2) is 5.96 Å². The van der Waals surface area contributed by atoms with Crippen LogP contribution in [0.15, 0.2) is 17.4 Å². The van der Waals surface area contributed by atoms with Crippen molar-refractivity contribution in [3.63, 3.8) is 0 Å². The van der Waals surface area contributed by atoms with Crippen LogP contribution in [0.3, 0.4) is 0 Å². The number of likely N-dealkylation sites (tertiary alicyclic amines) is 1. The van der Waals surface area contributed by atoms with E-state index in [4.69, 9.17) is 4.99 Å². The number of halogens is 1. The maximum Gasteiger partial charge on any atom is 0.211 e. The van der Waals surface area contributed by atoms with E-state index in [2.05, 4.69) is 28.4 Å². The van der Waals surface area contributed by atoms with E-state index in [0.29, 0.717) is 24.9 Å². The van der Waals surface area contributed by atoms with Gasteiger partial charge in [0.1, 0.15) is 0 Å². The van der Waals surface area contributed by atoms with Gasteiger partial charge in [-0.3, -0.25) is 9.67 Å². The Labute approximate surface area is 192 Å². The Kier molecular flexibility index (Phi) is 9.20. The van der Waals surface area contributed by atoms with Crippen molar-refractivity contribution in [2.24, 2.45) is 23.9 Å². The van der Waals surface area contributed by atoms with Gasteiger partial charge in [0.05, 0.1) is 12.5 Å². The summed E-state index contributed by atoms with van der Waals surface area (Å²) in [5.74, 6) is 2.09. The summed E-state index contributed by atoms with van der Waals surface area (Å²) in [6, 6.07) is 0. The van der Waals surface area contributed by atoms with Gasteiger partial charge in [0, 0.05) is 52.5 Å². The Bertz CT molecular complexity index is 773. The number of piperidine rings is 1. The second kappa shape index (κ2) is 10.9. The Morgan fingerprint density at radius 1 is 1.24 bits per heavy atom. The third-order valence-electron chi connectivity index (χ3n) is 5.74. The number of nitrogens with zero attached hydrogens (tertiary/aromatic N) is 5. The predicted molar refractivity (Wildman–Crippen MR) is 127 cm³/mol. The topological polar surface area (TPSA) is 82.8 Å². The maximum absolute atomic E-state index is 11.7. The number of aryl methyl sites for hydroxylation is 1. The number of guanidine groups is 1. The largest absolute Gasteiger partial charge is 0.357 e. The zero-order valence-electron chi connectivity index (χ0n) is 17.7. The van der Waals surface area contributed by atoms with Crippen LogP contribution in [-0.2, 0) is 23.5 Å². The minimum atomic E-state index is -3.06. The summed E-state index contributed by atoms with van der Waals surface area (Å²) in [7, 11) is -1.10. The minimum Gasteiger partial charge on any atom is -0.357 e. The fourth-order valence-electron chi connectivity index (χ4n) is 4.17. The van der Waals surface area contributed by atoms with E-state index in [0.717, 1.165) is 51.4 Å². The molecule has 3 rings (SSSR count). The molecule has 1 aromatic rings. The molecule has 10 heteroatoms. The van der Waals surface area contributed by atoms with Gasteiger partial charge >= 0.3 is 0 Å². The van der Waals surface area contributed by atoms with Crippen molar-refractivity contribution < 1.29 is 8.42 Å². The smallest absolute Gasteiger partial charge is 0.211 e. The van der Waals surface area contributed by atoms with Gasteiger partial charge in [-0.15, -0.1) is 24.0 Å². The molecule has 2 aliphatic heterocycles. The molecule has 1 atom stereocenters. The molecule has 1 aromatic heterocycles. The molecule has 0 bridgehead atoms. The van der Waals surface area contributed by atoms with Crippen LogP contribution in [-0.4, -0.2) is 78.9 Å². The molecular weight excluding hydrogens is 503 g/mol. The lowest BCUT2D eigenvalue weighted by molar-refractivity contribution is 0.279. The fraction of sp³-hybridized carbons (Fsp3) is 0.789. The number of hydrogen-bond donors (Lipinski definition) is 1. The standard InChI is InChI=1S/C19H34N6O2S.HI/c1-4-20-19(21-12-16-6-9-25(10-7-16)28(3,26)27)24-8-5-17(15-24)11-18-13-22-23(2)14-18;/h13-14,16-17H,4-12,15H2,1-3H3,(H,20,21);1H. The third-order valence-corrected chi connectivity index (χ3v) is 7.05. The second-order valence-electron chi connectivity index (χ2n) is 8.13. The van der Waals surface area contributed by atoms with E-state index in [-0.39, 0.29) is 24.0 Å². The first-order valence-corrected chi connectivity index (χ1v) is 12.2. The van der Waals surface area contributed by atoms with E-state index >= 15 is 0 Å². The van der Waals surface area contributed by atoms with Crippen molar-refractivity contribution in [1.29, 1.82) is 0 Å². The number of rotatable bonds is 6. The zero-order chi connectivity index (χ0) is 20.1. The normalized spacial score (nSPS) is 22.0. The Morgan fingerprint density at radius 3 is 2.52 bits per heavy atom. The summed E-state index contributed by atoms with van der Waals surface area (Å²) in [5.41, 5.74) is 1.30. The molecular formula is C19H35IN6O2S. The van der Waals surface area contributed by atoms with Crippen molar-refractivity contribution in [1.82, 2.24) is 24.3 Å². The van der Waals surface area contributed by atoms with Gasteiger partial charge in [-0.05, 0) is 50.0 Å². The van der Waals surface area contributed by atoms with Gasteiger partial charge in [-0.2, -0.15) is 5.10 Å². The van der Waals surface area contributed by atoms with Gasteiger partial charge in [0.25, 0.3) is 0 Å². The second-order valence-corrected chi connectivity index (χ2v) is 10.1. The molecule has 0 radical (unpaired) electrons. The lowest BCUT2D eigenvalue weighted by atomic mass is 9.98. The highest BCUT2D eigenvalue weighted by Gasteiger charge is 2.27. The van der Waals surface area contributed by atoms with Gasteiger partial charge in [-0.1, -0.05) is 0 Å². The maximum atomic E-state index is 11.7. The Hall–Kier alpha value is -0.880. The molecule has 8 nitrogen and oxygen atoms in total. The first kappa shape index (κ1) is 24.4. The van der Waals surface area contributed by atoms with Crippen molar-refractivity contribution in [3.05, 3.63) is 18.0 Å². The molecule has 2 fully saturated rings. The third kappa shape index (κ3) is 7.09. The van der Waals surface area contributed by atoms with Crippen molar-refractivity contribution in [2.75, 3.05) is 45.5 Å². The van der Waals surface area contributed by atoms with Crippen LogP contribution in [0.4, 0.5) is 0 Å². The summed E-state index contributed by atoms with van der Waals surface area (Å²) in [6.45, 7) is 7.01. The summed E-state index contributed by atoms with van der Waals surface area (Å²) in [5, 5.41) is 7.71. The van der Waals surface area contributed by atoms with E-state index in [1.165, 1.54) is 18.2 Å². The molecule has 0 aliphatic carbocycles. The highest BCUT2D eigenvalue weighted by molar-refractivity contribution is 14.0. The number of sulfonamides is 1. The number of aromatic nitrogens is 2. The lowest BCUT2D eigenvalue weighted by Crippen LogP contribution is -2.41. The summed E-state index contributed by atoms with van der Waals surface area (Å²) < 4.78 is 26.8. The molecule has 0 amide bonds. The van der Waals surface area contributed by atoms with Gasteiger partial charge < -0.3 is 10.2 Å². The van der Waals surface area contributed by atoms with Crippen molar-refractivity contribution >= 4 is 40.0 Å². The average Bonchev–Trinajstić information content (AvgIpc) is 3.27. The van der Waals surface area contributed by atoms with E-state index in [1.54, 1.807) is 4.31 Å². The van der Waals surface area contributed by atoms with Crippen LogP contribution >= 0.6 is 24.0 Å². The number of hydrogen-bond acceptors (Lipinski definition) is 4. The number of nitrogens with one attached hydrogen (secondary N) is 1. The monoisotopic (exact) mass is 538 g/mol. The predicted octanol–water partition coefficient (Wildman–Crippen LogP) is 1.54. The molecule has 2 aliphatic rings. The lowest BCUT2D eigenvalue weighted by Gasteiger charge is -2.30. The first-order chi connectivity index (χ1) is 13.3. The van der Waals surface area contributed by atoms with E-state index in [9.17, 15) is 8.42 Å². The summed E-state index contributed by atoms with van der Waals surface area (Å²) >= 11 is 0. The van der Waals surface area contributed by atoms with Crippen LogP contribution in [0.25, 0.3) is 0 Å². The Balaban J connectivity index is 0.00000300. The molecule has 0 saturated carbocycles. The molecule has 1 N–H and O–H groups in total. The van der Waals surface area contributed by atoms with E-state index in [1.807, 2.05) is 17.9 Å². The molecule has 0 spiro atoms. The van der Waals surface area contributed by atoms with Gasteiger partial charge in [-0.25, -0.2) is 12.7 Å². The average molecular weight is 539 g/mol. The molecule has 2 saturated heterocycles. The van der Waals surface area contributed by atoms with Crippen LogP contribution in [0.5, 0.6) is 0 Å². The Morgan fingerprint density at radius 2 is 1.93 bits per heavy atom. The minimum absolute atomic E-state index is 0. The first-order valence-electron chi connectivity index (χ1n) is 10.3.